The van der Waals surface area contributed by atoms with E-state index in [1.54, 1.807) is 4.57 Å². The predicted molar refractivity (Wildman–Crippen MR) is 89.6 cm³/mol. The second-order valence-corrected chi connectivity index (χ2v) is 5.97. The summed E-state index contributed by atoms with van der Waals surface area (Å²) in [6.45, 7) is 0.579. The number of hydrogen-bond acceptors (Lipinski definition) is 3. The lowest BCUT2D eigenvalue weighted by Crippen LogP contribution is -2.30. The van der Waals surface area contributed by atoms with E-state index in [0.29, 0.717) is 29.9 Å². The highest BCUT2D eigenvalue weighted by Gasteiger charge is 2.24. The number of rotatable bonds is 3. The van der Waals surface area contributed by atoms with E-state index in [1.807, 2.05) is 0 Å². The van der Waals surface area contributed by atoms with Crippen molar-refractivity contribution in [3.05, 3.63) is 56.7 Å². The number of hydrogen-bond donors (Lipinski definition) is 1. The third kappa shape index (κ3) is 3.01. The Hall–Kier alpha value is -2.34. The van der Waals surface area contributed by atoms with Gasteiger partial charge in [0.25, 0.3) is 11.5 Å². The number of carbonyl (C=O) groups excluding carboxylic acids is 1. The molecule has 0 saturated heterocycles. The Balaban J connectivity index is 2.04. The summed E-state index contributed by atoms with van der Waals surface area (Å²) in [6, 6.07) is 5.04. The molecule has 3 rings (SSSR count). The zero-order chi connectivity index (χ0) is 17.3. The van der Waals surface area contributed by atoms with Gasteiger partial charge in [0.1, 0.15) is 17.1 Å². The molecule has 0 atom stereocenters. The molecule has 2 aromatic rings. The average molecular weight is 351 g/mol. The van der Waals surface area contributed by atoms with Gasteiger partial charge < -0.3 is 14.6 Å². The van der Waals surface area contributed by atoms with Crippen LogP contribution in [-0.2, 0) is 13.0 Å². The highest BCUT2D eigenvalue weighted by Crippen LogP contribution is 2.28. The largest absolute Gasteiger partial charge is 0.496 e. The highest BCUT2D eigenvalue weighted by molar-refractivity contribution is 6.34. The number of nitrogens with zero attached hydrogens (tertiary/aromatic N) is 1. The molecule has 0 saturated carbocycles. The molecule has 1 amide bonds. The van der Waals surface area contributed by atoms with E-state index < -0.39 is 11.7 Å². The van der Waals surface area contributed by atoms with E-state index in [0.717, 1.165) is 18.9 Å². The zero-order valence-electron chi connectivity index (χ0n) is 13.1. The maximum atomic E-state index is 13.1. The number of benzene rings is 1. The molecule has 0 bridgehead atoms. The van der Waals surface area contributed by atoms with Crippen LogP contribution in [-0.4, -0.2) is 17.6 Å². The van der Waals surface area contributed by atoms with Crippen LogP contribution in [0.25, 0.3) is 0 Å². The Labute approximate surface area is 143 Å². The topological polar surface area (TPSA) is 60.3 Å². The van der Waals surface area contributed by atoms with E-state index in [4.69, 9.17) is 16.3 Å². The molecule has 1 N–H and O–H groups in total. The first-order valence-electron chi connectivity index (χ1n) is 7.58. The maximum Gasteiger partial charge on any atom is 0.261 e. The van der Waals surface area contributed by atoms with Gasteiger partial charge in [-0.2, -0.15) is 0 Å². The van der Waals surface area contributed by atoms with Gasteiger partial charge in [-0.3, -0.25) is 9.59 Å². The Morgan fingerprint density at radius 3 is 2.83 bits per heavy atom. The SMILES string of the molecule is COc1cc(=O)n2c(c1C(=O)Nc1ccc(F)cc1Cl)CCCC2. The van der Waals surface area contributed by atoms with Gasteiger partial charge in [0.2, 0.25) is 0 Å². The van der Waals surface area contributed by atoms with Gasteiger partial charge in [-0.1, -0.05) is 11.6 Å². The van der Waals surface area contributed by atoms with Crippen molar-refractivity contribution in [1.29, 1.82) is 0 Å². The van der Waals surface area contributed by atoms with Crippen LogP contribution in [0.2, 0.25) is 5.02 Å². The Morgan fingerprint density at radius 2 is 2.12 bits per heavy atom. The number of ether oxygens (including phenoxy) is 1. The van der Waals surface area contributed by atoms with Gasteiger partial charge in [0.05, 0.1) is 17.8 Å². The lowest BCUT2D eigenvalue weighted by molar-refractivity contribution is 0.102. The lowest BCUT2D eigenvalue weighted by Gasteiger charge is -2.22. The van der Waals surface area contributed by atoms with Crippen molar-refractivity contribution in [2.24, 2.45) is 0 Å². The van der Waals surface area contributed by atoms with Crippen molar-refractivity contribution in [1.82, 2.24) is 4.57 Å². The number of anilines is 1. The van der Waals surface area contributed by atoms with Gasteiger partial charge in [-0.05, 0) is 37.5 Å². The van der Waals surface area contributed by atoms with Crippen LogP contribution in [0.1, 0.15) is 28.9 Å². The third-order valence-electron chi connectivity index (χ3n) is 4.05. The first-order valence-corrected chi connectivity index (χ1v) is 7.96. The quantitative estimate of drug-likeness (QED) is 0.924. The average Bonchev–Trinajstić information content (AvgIpc) is 2.57. The van der Waals surface area contributed by atoms with Crippen LogP contribution in [0.15, 0.2) is 29.1 Å². The van der Waals surface area contributed by atoms with E-state index in [2.05, 4.69) is 5.32 Å². The standard InChI is InChI=1S/C17H16ClFN2O3/c1-24-14-9-15(22)21-7-3-2-4-13(21)16(14)17(23)20-12-6-5-10(19)8-11(12)18/h5-6,8-9H,2-4,7H2,1H3,(H,20,23). The third-order valence-corrected chi connectivity index (χ3v) is 4.37. The minimum Gasteiger partial charge on any atom is -0.496 e. The van der Waals surface area contributed by atoms with Crippen LogP contribution in [0, 0.1) is 5.82 Å². The molecule has 2 heterocycles. The number of halogens is 2. The number of nitrogens with one attached hydrogen (secondary N) is 1. The summed E-state index contributed by atoms with van der Waals surface area (Å²) in [5.41, 5.74) is 1.09. The van der Waals surface area contributed by atoms with Crippen LogP contribution >= 0.6 is 11.6 Å². The summed E-state index contributed by atoms with van der Waals surface area (Å²) in [5, 5.41) is 2.77. The van der Waals surface area contributed by atoms with Crippen LogP contribution in [0.4, 0.5) is 10.1 Å². The molecular weight excluding hydrogens is 335 g/mol. The fourth-order valence-electron chi connectivity index (χ4n) is 2.92. The second kappa shape index (κ2) is 6.65. The summed E-state index contributed by atoms with van der Waals surface area (Å²) in [4.78, 5) is 24.9. The molecule has 126 valence electrons. The smallest absolute Gasteiger partial charge is 0.261 e. The molecule has 0 fully saturated rings. The van der Waals surface area contributed by atoms with E-state index in [1.165, 1.54) is 25.3 Å². The number of fused-ring (bicyclic) bond motifs is 1. The van der Waals surface area contributed by atoms with Crippen molar-refractivity contribution in [2.45, 2.75) is 25.8 Å². The number of amides is 1. The minimum atomic E-state index is -0.487. The number of methoxy groups -OCH3 is 1. The van der Waals surface area contributed by atoms with Crippen LogP contribution < -0.4 is 15.6 Å². The van der Waals surface area contributed by atoms with Gasteiger partial charge in [0, 0.05) is 18.3 Å². The highest BCUT2D eigenvalue weighted by atomic mass is 35.5. The molecule has 0 unspecified atom stereocenters. The maximum absolute atomic E-state index is 13.1. The van der Waals surface area contributed by atoms with Gasteiger partial charge in [-0.15, -0.1) is 0 Å². The molecule has 0 radical (unpaired) electrons. The molecule has 7 heteroatoms. The van der Waals surface area contributed by atoms with Gasteiger partial charge >= 0.3 is 0 Å². The van der Waals surface area contributed by atoms with Crippen LogP contribution in [0.3, 0.4) is 0 Å². The summed E-state index contributed by atoms with van der Waals surface area (Å²) < 4.78 is 20.0. The predicted octanol–water partition coefficient (Wildman–Crippen LogP) is 3.24. The first-order chi connectivity index (χ1) is 11.5. The molecular formula is C17H16ClFN2O3. The van der Waals surface area contributed by atoms with Crippen molar-refractivity contribution >= 4 is 23.2 Å². The fourth-order valence-corrected chi connectivity index (χ4v) is 3.13. The normalized spacial score (nSPS) is 13.3. The Kier molecular flexibility index (Phi) is 4.57. The second-order valence-electron chi connectivity index (χ2n) is 5.56. The van der Waals surface area contributed by atoms with E-state index in [9.17, 15) is 14.0 Å². The number of aromatic nitrogens is 1. The molecule has 0 aliphatic carbocycles. The van der Waals surface area contributed by atoms with Crippen molar-refractivity contribution < 1.29 is 13.9 Å². The Bertz CT molecular complexity index is 864. The molecule has 1 aromatic carbocycles. The summed E-state index contributed by atoms with van der Waals surface area (Å²) in [7, 11) is 1.41. The first kappa shape index (κ1) is 16.5. The van der Waals surface area contributed by atoms with Crippen molar-refractivity contribution in [3.8, 4) is 5.75 Å². The summed E-state index contributed by atoms with van der Waals surface area (Å²) in [6.07, 6.45) is 2.40. The molecule has 1 aromatic heterocycles. The minimum absolute atomic E-state index is 0.101. The molecule has 1 aliphatic rings. The monoisotopic (exact) mass is 350 g/mol. The molecule has 5 nitrogen and oxygen atoms in total. The number of pyridine rings is 1. The Morgan fingerprint density at radius 1 is 1.33 bits per heavy atom. The van der Waals surface area contributed by atoms with Crippen LogP contribution in [0.5, 0.6) is 5.75 Å². The molecule has 24 heavy (non-hydrogen) atoms. The molecule has 0 spiro atoms. The van der Waals surface area contributed by atoms with Gasteiger partial charge in [-0.25, -0.2) is 4.39 Å². The van der Waals surface area contributed by atoms with E-state index >= 15 is 0 Å². The lowest BCUT2D eigenvalue weighted by atomic mass is 10.0. The van der Waals surface area contributed by atoms with Gasteiger partial charge in [0.15, 0.2) is 0 Å². The van der Waals surface area contributed by atoms with E-state index in [-0.39, 0.29) is 16.3 Å². The van der Waals surface area contributed by atoms with Crippen molar-refractivity contribution in [2.75, 3.05) is 12.4 Å². The fraction of sp³-hybridized carbons (Fsp3) is 0.294. The number of carbonyl (C=O) groups is 1. The summed E-state index contributed by atoms with van der Waals surface area (Å²) >= 11 is 5.96. The van der Waals surface area contributed by atoms with Crippen molar-refractivity contribution in [3.63, 3.8) is 0 Å². The molecule has 1 aliphatic heterocycles. The summed E-state index contributed by atoms with van der Waals surface area (Å²) in [5.74, 6) is -0.700. The zero-order valence-corrected chi connectivity index (χ0v) is 13.8.